The van der Waals surface area contributed by atoms with Crippen molar-refractivity contribution in [3.05, 3.63) is 47.7 Å². The fourth-order valence-electron chi connectivity index (χ4n) is 3.99. The predicted molar refractivity (Wildman–Crippen MR) is 78.2 cm³/mol. The first-order chi connectivity index (χ1) is 11.2. The molecule has 2 bridgehead atoms. The molecule has 5 nitrogen and oxygen atoms in total. The Morgan fingerprint density at radius 1 is 0.826 bits per heavy atom. The van der Waals surface area contributed by atoms with E-state index in [-0.39, 0.29) is 0 Å². The van der Waals surface area contributed by atoms with Gasteiger partial charge in [0.1, 0.15) is 5.58 Å². The van der Waals surface area contributed by atoms with Crippen LogP contribution in [0.3, 0.4) is 0 Å². The molecular formula is C18H8N4O. The first-order valence-corrected chi connectivity index (χ1v) is 7.02. The highest BCUT2D eigenvalue weighted by Crippen LogP contribution is 2.63. The molecule has 0 saturated carbocycles. The average molecular weight is 296 g/mol. The van der Waals surface area contributed by atoms with Crippen LogP contribution in [-0.4, -0.2) is 0 Å². The van der Waals surface area contributed by atoms with Crippen molar-refractivity contribution in [2.75, 3.05) is 0 Å². The van der Waals surface area contributed by atoms with E-state index in [9.17, 15) is 21.0 Å². The lowest BCUT2D eigenvalue weighted by molar-refractivity contribution is 0.236. The summed E-state index contributed by atoms with van der Waals surface area (Å²) in [7, 11) is 0. The summed E-state index contributed by atoms with van der Waals surface area (Å²) in [6.45, 7) is 0. The van der Waals surface area contributed by atoms with Crippen LogP contribution in [0.4, 0.5) is 0 Å². The molecule has 1 unspecified atom stereocenters. The number of nitrogens with zero attached hydrogens (tertiary/aromatic N) is 4. The molecule has 0 amide bonds. The highest BCUT2D eigenvalue weighted by Gasteiger charge is 2.66. The Hall–Kier alpha value is -3.54. The molecule has 3 aliphatic rings. The lowest BCUT2D eigenvalue weighted by atomic mass is 9.51. The van der Waals surface area contributed by atoms with Gasteiger partial charge >= 0.3 is 0 Å². The molecule has 23 heavy (non-hydrogen) atoms. The Morgan fingerprint density at radius 3 is 1.96 bits per heavy atom. The quantitative estimate of drug-likeness (QED) is 0.693. The fourth-order valence-corrected chi connectivity index (χ4v) is 3.99. The number of nitriles is 4. The number of rotatable bonds is 0. The molecule has 2 atom stereocenters. The van der Waals surface area contributed by atoms with Crippen LogP contribution in [0.2, 0.25) is 0 Å². The van der Waals surface area contributed by atoms with Crippen LogP contribution in [0.25, 0.3) is 11.0 Å². The smallest absolute Gasteiger partial charge is 0.186 e. The van der Waals surface area contributed by atoms with E-state index in [0.717, 1.165) is 10.9 Å². The van der Waals surface area contributed by atoms with Crippen molar-refractivity contribution in [2.45, 2.75) is 11.8 Å². The van der Waals surface area contributed by atoms with Gasteiger partial charge in [-0.2, -0.15) is 21.0 Å². The summed E-state index contributed by atoms with van der Waals surface area (Å²) in [6, 6.07) is 13.4. The normalized spacial score (nSPS) is 24.9. The van der Waals surface area contributed by atoms with Gasteiger partial charge in [-0.05, 0) is 11.6 Å². The molecular weight excluding hydrogens is 288 g/mol. The number of hydrogen-bond donors (Lipinski definition) is 0. The standard InChI is InChI=1S/C18H8N4O/c19-7-17(8-20)13-4-5-14(18(17,9-21)10-22)12-6-23-15-3-1-2-11(13)16(12)15/h1-6,13-14H/t13?,14-/m0/s1. The largest absolute Gasteiger partial charge is 0.464 e. The molecule has 1 heterocycles. The van der Waals surface area contributed by atoms with Crippen LogP contribution >= 0.6 is 0 Å². The average Bonchev–Trinajstić information content (AvgIpc) is 2.93. The van der Waals surface area contributed by atoms with Crippen molar-refractivity contribution < 1.29 is 4.42 Å². The molecule has 5 rings (SSSR count). The summed E-state index contributed by atoms with van der Waals surface area (Å²) < 4.78 is 5.57. The number of furan rings is 1. The lowest BCUT2D eigenvalue weighted by Gasteiger charge is -2.41. The molecule has 0 aliphatic heterocycles. The molecule has 1 aromatic carbocycles. The van der Waals surface area contributed by atoms with E-state index in [1.54, 1.807) is 24.3 Å². The Labute approximate surface area is 131 Å². The van der Waals surface area contributed by atoms with Gasteiger partial charge in [0.25, 0.3) is 0 Å². The van der Waals surface area contributed by atoms with Crippen molar-refractivity contribution in [1.82, 2.24) is 0 Å². The number of benzene rings is 1. The molecule has 0 N–H and O–H groups in total. The maximum atomic E-state index is 9.83. The van der Waals surface area contributed by atoms with E-state index < -0.39 is 22.7 Å². The topological polar surface area (TPSA) is 108 Å². The summed E-state index contributed by atoms with van der Waals surface area (Å²) in [5.41, 5.74) is -1.49. The van der Waals surface area contributed by atoms with Crippen LogP contribution in [0.5, 0.6) is 0 Å². The minimum absolute atomic E-state index is 0.632. The van der Waals surface area contributed by atoms with E-state index in [2.05, 4.69) is 0 Å². The van der Waals surface area contributed by atoms with Gasteiger partial charge < -0.3 is 4.42 Å². The zero-order valence-electron chi connectivity index (χ0n) is 11.8. The first kappa shape index (κ1) is 13.1. The van der Waals surface area contributed by atoms with Gasteiger partial charge in [0.2, 0.25) is 0 Å². The molecule has 0 saturated heterocycles. The highest BCUT2D eigenvalue weighted by atomic mass is 16.3. The van der Waals surface area contributed by atoms with Gasteiger partial charge in [0.05, 0.1) is 30.5 Å². The van der Waals surface area contributed by atoms with Crippen LogP contribution in [0.1, 0.15) is 23.0 Å². The van der Waals surface area contributed by atoms with Crippen molar-refractivity contribution in [1.29, 1.82) is 21.0 Å². The van der Waals surface area contributed by atoms with Gasteiger partial charge in [-0.1, -0.05) is 24.3 Å². The molecule has 2 aromatic rings. The third-order valence-electron chi connectivity index (χ3n) is 5.09. The Bertz CT molecular complexity index is 1020. The van der Waals surface area contributed by atoms with E-state index >= 15 is 0 Å². The zero-order valence-corrected chi connectivity index (χ0v) is 11.8. The number of fused-ring (bicyclic) bond motifs is 1. The van der Waals surface area contributed by atoms with Crippen molar-refractivity contribution >= 4 is 11.0 Å². The van der Waals surface area contributed by atoms with E-state index in [1.165, 1.54) is 6.26 Å². The SMILES string of the molecule is N#CC1(C#N)C2C=C[C@@H](c3coc4cccc2c34)C1(C#N)C#N. The van der Waals surface area contributed by atoms with Crippen molar-refractivity contribution in [3.63, 3.8) is 0 Å². The van der Waals surface area contributed by atoms with Crippen LogP contribution in [-0.2, 0) is 0 Å². The van der Waals surface area contributed by atoms with Crippen molar-refractivity contribution in [3.8, 4) is 24.3 Å². The fraction of sp³-hybridized carbons (Fsp3) is 0.222. The summed E-state index contributed by atoms with van der Waals surface area (Å²) >= 11 is 0. The predicted octanol–water partition coefficient (Wildman–Crippen LogP) is 3.25. The van der Waals surface area contributed by atoms with Crippen LogP contribution in [0, 0.1) is 56.2 Å². The minimum Gasteiger partial charge on any atom is -0.464 e. The second kappa shape index (κ2) is 4.01. The van der Waals surface area contributed by atoms with Gasteiger partial charge in [-0.15, -0.1) is 0 Å². The zero-order chi connectivity index (χ0) is 16.2. The molecule has 0 radical (unpaired) electrons. The van der Waals surface area contributed by atoms with Crippen molar-refractivity contribution in [2.24, 2.45) is 10.8 Å². The van der Waals surface area contributed by atoms with E-state index in [0.29, 0.717) is 11.1 Å². The maximum Gasteiger partial charge on any atom is 0.186 e. The van der Waals surface area contributed by atoms with Gasteiger partial charge in [0.15, 0.2) is 10.8 Å². The molecule has 106 valence electrons. The molecule has 1 aromatic heterocycles. The molecule has 0 spiro atoms. The van der Waals surface area contributed by atoms with E-state index in [4.69, 9.17) is 4.42 Å². The maximum absolute atomic E-state index is 9.83. The molecule has 3 aliphatic carbocycles. The summed E-state index contributed by atoms with van der Waals surface area (Å²) in [6.07, 6.45) is 5.06. The Kier molecular flexibility index (Phi) is 2.29. The lowest BCUT2D eigenvalue weighted by Crippen LogP contribution is -2.47. The van der Waals surface area contributed by atoms with Crippen LogP contribution < -0.4 is 0 Å². The van der Waals surface area contributed by atoms with Gasteiger partial charge in [-0.3, -0.25) is 0 Å². The molecule has 5 heteroatoms. The minimum atomic E-state index is -1.79. The first-order valence-electron chi connectivity index (χ1n) is 7.02. The monoisotopic (exact) mass is 296 g/mol. The van der Waals surface area contributed by atoms with Gasteiger partial charge in [0, 0.05) is 22.8 Å². The summed E-state index contributed by atoms with van der Waals surface area (Å²) in [5.74, 6) is -1.34. The summed E-state index contributed by atoms with van der Waals surface area (Å²) in [5, 5.41) is 40.1. The summed E-state index contributed by atoms with van der Waals surface area (Å²) in [4.78, 5) is 0. The van der Waals surface area contributed by atoms with Crippen LogP contribution in [0.15, 0.2) is 41.0 Å². The Balaban J connectivity index is 2.25. The Morgan fingerprint density at radius 2 is 1.39 bits per heavy atom. The third kappa shape index (κ3) is 1.17. The molecule has 0 fully saturated rings. The third-order valence-corrected chi connectivity index (χ3v) is 5.09. The highest BCUT2D eigenvalue weighted by molar-refractivity contribution is 5.88. The number of hydrogen-bond acceptors (Lipinski definition) is 5. The second-order valence-corrected chi connectivity index (χ2v) is 5.81. The number of allylic oxidation sites excluding steroid dienone is 2. The second-order valence-electron chi connectivity index (χ2n) is 5.81. The van der Waals surface area contributed by atoms with Gasteiger partial charge in [-0.25, -0.2) is 0 Å². The van der Waals surface area contributed by atoms with E-state index in [1.807, 2.05) is 30.3 Å².